The molecule has 0 saturated carbocycles. The molecule has 6 heteroatoms. The van der Waals surface area contributed by atoms with Crippen molar-refractivity contribution >= 4 is 23.4 Å². The molecule has 0 spiro atoms. The number of esters is 1. The number of hydrogen-bond donors (Lipinski definition) is 0. The second kappa shape index (κ2) is 6.43. The average Bonchev–Trinajstić information content (AvgIpc) is 2.85. The van der Waals surface area contributed by atoms with Gasteiger partial charge < -0.3 is 4.74 Å². The van der Waals surface area contributed by atoms with Crippen LogP contribution < -0.4 is 0 Å². The molecule has 1 heterocycles. The lowest BCUT2D eigenvalue weighted by Crippen LogP contribution is -2.04. The second-order valence-corrected chi connectivity index (χ2v) is 6.72. The van der Waals surface area contributed by atoms with Crippen molar-refractivity contribution in [2.45, 2.75) is 25.4 Å². The lowest BCUT2D eigenvalue weighted by molar-refractivity contribution is -0.138. The minimum Gasteiger partial charge on any atom is -0.466 e. The summed E-state index contributed by atoms with van der Waals surface area (Å²) in [5.74, 6) is -0.329. The van der Waals surface area contributed by atoms with Crippen LogP contribution in [-0.4, -0.2) is 13.1 Å². The van der Waals surface area contributed by atoms with E-state index in [9.17, 15) is 18.0 Å². The number of halogens is 3. The van der Waals surface area contributed by atoms with Gasteiger partial charge in [0, 0.05) is 15.3 Å². The number of carbonyl (C=O) groups excluding carboxylic acids is 1. The normalized spacial score (nSPS) is 14.6. The summed E-state index contributed by atoms with van der Waals surface area (Å²) in [5.41, 5.74) is 1.67. The van der Waals surface area contributed by atoms with Crippen molar-refractivity contribution in [3.63, 3.8) is 0 Å². The molecule has 2 aromatic rings. The number of ether oxygens (including phenoxy) is 1. The summed E-state index contributed by atoms with van der Waals surface area (Å²) >= 11 is 1.56. The standard InChI is InChI=1S/C18H15F3O2S/c1-23-17(22)12-3-2-4-15-13(9-12)10-16(24-15)11-5-7-14(8-6-11)18(19,20)21/h5-10H,2-4H2,1H3. The zero-order valence-electron chi connectivity index (χ0n) is 12.9. The summed E-state index contributed by atoms with van der Waals surface area (Å²) in [6, 6.07) is 7.08. The zero-order chi connectivity index (χ0) is 17.3. The number of carbonyl (C=O) groups is 1. The van der Waals surface area contributed by atoms with Crippen molar-refractivity contribution in [2.75, 3.05) is 7.11 Å². The average molecular weight is 352 g/mol. The van der Waals surface area contributed by atoms with Crippen LogP contribution in [0.2, 0.25) is 0 Å². The lowest BCUT2D eigenvalue weighted by Gasteiger charge is -2.06. The van der Waals surface area contributed by atoms with Gasteiger partial charge in [-0.2, -0.15) is 13.2 Å². The highest BCUT2D eigenvalue weighted by atomic mass is 32.1. The van der Waals surface area contributed by atoms with Crippen LogP contribution in [-0.2, 0) is 22.1 Å². The first kappa shape index (κ1) is 16.8. The van der Waals surface area contributed by atoms with Crippen LogP contribution in [0.4, 0.5) is 13.2 Å². The number of rotatable bonds is 2. The van der Waals surface area contributed by atoms with E-state index in [0.29, 0.717) is 12.0 Å². The van der Waals surface area contributed by atoms with E-state index in [0.717, 1.165) is 45.9 Å². The summed E-state index contributed by atoms with van der Waals surface area (Å²) in [4.78, 5) is 13.8. The molecule has 1 aliphatic carbocycles. The SMILES string of the molecule is COC(=O)C1=Cc2cc(-c3ccc(C(F)(F)F)cc3)sc2CCC1. The van der Waals surface area contributed by atoms with Gasteiger partial charge in [0.1, 0.15) is 0 Å². The summed E-state index contributed by atoms with van der Waals surface area (Å²) in [7, 11) is 1.36. The van der Waals surface area contributed by atoms with Gasteiger partial charge in [-0.1, -0.05) is 12.1 Å². The van der Waals surface area contributed by atoms with Crippen LogP contribution in [0.15, 0.2) is 35.9 Å². The molecule has 2 nitrogen and oxygen atoms in total. The molecule has 1 aromatic heterocycles. The zero-order valence-corrected chi connectivity index (χ0v) is 13.8. The maximum absolute atomic E-state index is 12.7. The van der Waals surface area contributed by atoms with Gasteiger partial charge in [-0.25, -0.2) is 4.79 Å². The van der Waals surface area contributed by atoms with Crippen molar-refractivity contribution in [1.82, 2.24) is 0 Å². The van der Waals surface area contributed by atoms with E-state index in [-0.39, 0.29) is 5.97 Å². The van der Waals surface area contributed by atoms with Gasteiger partial charge in [0.05, 0.1) is 12.7 Å². The van der Waals surface area contributed by atoms with Crippen molar-refractivity contribution in [3.05, 3.63) is 51.9 Å². The first-order valence-corrected chi connectivity index (χ1v) is 8.29. The third kappa shape index (κ3) is 3.38. The Morgan fingerprint density at radius 3 is 2.50 bits per heavy atom. The van der Waals surface area contributed by atoms with E-state index in [1.807, 2.05) is 12.1 Å². The number of methoxy groups -OCH3 is 1. The Hall–Kier alpha value is -2.08. The van der Waals surface area contributed by atoms with E-state index in [1.54, 1.807) is 11.3 Å². The Balaban J connectivity index is 1.94. The first-order valence-electron chi connectivity index (χ1n) is 7.47. The molecule has 0 aliphatic heterocycles. The fraction of sp³-hybridized carbons (Fsp3) is 0.278. The molecular weight excluding hydrogens is 337 g/mol. The molecular formula is C18H15F3O2S. The minimum atomic E-state index is -4.33. The minimum absolute atomic E-state index is 0.329. The summed E-state index contributed by atoms with van der Waals surface area (Å²) in [5, 5.41) is 0. The van der Waals surface area contributed by atoms with Gasteiger partial charge in [0.15, 0.2) is 0 Å². The Bertz CT molecular complexity index is 786. The van der Waals surface area contributed by atoms with Crippen LogP contribution in [0.25, 0.3) is 16.5 Å². The number of aryl methyl sites for hydroxylation is 1. The number of benzene rings is 1. The fourth-order valence-corrected chi connectivity index (χ4v) is 3.90. The Morgan fingerprint density at radius 1 is 1.17 bits per heavy atom. The van der Waals surface area contributed by atoms with E-state index < -0.39 is 11.7 Å². The predicted octanol–water partition coefficient (Wildman–Crippen LogP) is 5.33. The molecule has 0 radical (unpaired) electrons. The van der Waals surface area contributed by atoms with Crippen molar-refractivity contribution in [2.24, 2.45) is 0 Å². The molecule has 126 valence electrons. The quantitative estimate of drug-likeness (QED) is 0.683. The molecule has 0 atom stereocenters. The highest BCUT2D eigenvalue weighted by Crippen LogP contribution is 2.37. The number of hydrogen-bond acceptors (Lipinski definition) is 3. The number of thiophene rings is 1. The summed E-state index contributed by atoms with van der Waals surface area (Å²) in [6.45, 7) is 0. The fourth-order valence-electron chi connectivity index (χ4n) is 2.72. The topological polar surface area (TPSA) is 26.3 Å². The Kier molecular flexibility index (Phi) is 4.49. The molecule has 1 aliphatic rings. The first-order chi connectivity index (χ1) is 11.4. The van der Waals surface area contributed by atoms with Crippen LogP contribution in [0.5, 0.6) is 0 Å². The van der Waals surface area contributed by atoms with Gasteiger partial charge in [-0.3, -0.25) is 0 Å². The lowest BCUT2D eigenvalue weighted by atomic mass is 10.1. The van der Waals surface area contributed by atoms with E-state index in [2.05, 4.69) is 0 Å². The van der Waals surface area contributed by atoms with Crippen molar-refractivity contribution in [3.8, 4) is 10.4 Å². The monoisotopic (exact) mass is 352 g/mol. The summed E-state index contributed by atoms with van der Waals surface area (Å²) in [6.07, 6.45) is -0.135. The van der Waals surface area contributed by atoms with Crippen LogP contribution >= 0.6 is 11.3 Å². The van der Waals surface area contributed by atoms with Crippen molar-refractivity contribution < 1.29 is 22.7 Å². The highest BCUT2D eigenvalue weighted by Gasteiger charge is 2.30. The van der Waals surface area contributed by atoms with Crippen LogP contribution in [0.3, 0.4) is 0 Å². The van der Waals surface area contributed by atoms with E-state index in [4.69, 9.17) is 4.74 Å². The molecule has 0 fully saturated rings. The molecule has 0 saturated heterocycles. The second-order valence-electron chi connectivity index (χ2n) is 5.58. The Labute approximate surface area is 141 Å². The number of fused-ring (bicyclic) bond motifs is 1. The predicted molar refractivity (Wildman–Crippen MR) is 87.7 cm³/mol. The van der Waals surface area contributed by atoms with Gasteiger partial charge in [0.2, 0.25) is 0 Å². The molecule has 0 unspecified atom stereocenters. The highest BCUT2D eigenvalue weighted by molar-refractivity contribution is 7.15. The Morgan fingerprint density at radius 2 is 1.88 bits per heavy atom. The smallest absolute Gasteiger partial charge is 0.416 e. The molecule has 0 N–H and O–H groups in total. The van der Waals surface area contributed by atoms with E-state index >= 15 is 0 Å². The third-order valence-corrected chi connectivity index (χ3v) is 5.23. The summed E-state index contributed by atoms with van der Waals surface area (Å²) < 4.78 is 42.8. The molecule has 0 amide bonds. The largest absolute Gasteiger partial charge is 0.466 e. The van der Waals surface area contributed by atoms with Gasteiger partial charge in [-0.15, -0.1) is 11.3 Å². The maximum Gasteiger partial charge on any atom is 0.416 e. The van der Waals surface area contributed by atoms with Gasteiger partial charge in [-0.05, 0) is 54.7 Å². The van der Waals surface area contributed by atoms with Crippen LogP contribution in [0.1, 0.15) is 28.8 Å². The van der Waals surface area contributed by atoms with Crippen LogP contribution in [0, 0.1) is 0 Å². The third-order valence-electron chi connectivity index (χ3n) is 3.97. The van der Waals surface area contributed by atoms with Crippen molar-refractivity contribution in [1.29, 1.82) is 0 Å². The van der Waals surface area contributed by atoms with Gasteiger partial charge >= 0.3 is 12.1 Å². The van der Waals surface area contributed by atoms with E-state index in [1.165, 1.54) is 19.2 Å². The molecule has 0 bridgehead atoms. The molecule has 1 aromatic carbocycles. The maximum atomic E-state index is 12.7. The van der Waals surface area contributed by atoms with Gasteiger partial charge in [0.25, 0.3) is 0 Å². The molecule has 24 heavy (non-hydrogen) atoms. The number of alkyl halides is 3. The molecule has 3 rings (SSSR count).